The molecule has 0 radical (unpaired) electrons. The van der Waals surface area contributed by atoms with Gasteiger partial charge in [0.25, 0.3) is 0 Å². The lowest BCUT2D eigenvalue weighted by atomic mass is 9.92. The van der Waals surface area contributed by atoms with Crippen LogP contribution in [0.15, 0.2) is 35.7 Å². The quantitative estimate of drug-likeness (QED) is 0.907. The first-order valence-electron chi connectivity index (χ1n) is 6.60. The third-order valence-corrected chi connectivity index (χ3v) is 4.41. The topological polar surface area (TPSA) is 64.7 Å². The van der Waals surface area contributed by atoms with Gasteiger partial charge in [0, 0.05) is 17.3 Å². The number of nitrogens with two attached hydrogens (primary N) is 1. The van der Waals surface area contributed by atoms with E-state index in [1.807, 2.05) is 35.7 Å². The van der Waals surface area contributed by atoms with Crippen LogP contribution in [0.5, 0.6) is 11.5 Å². The van der Waals surface area contributed by atoms with Gasteiger partial charge in [-0.05, 0) is 29.1 Å². The van der Waals surface area contributed by atoms with Gasteiger partial charge in [-0.25, -0.2) is 0 Å². The summed E-state index contributed by atoms with van der Waals surface area (Å²) in [6.07, 6.45) is -0.595. The van der Waals surface area contributed by atoms with Crippen LogP contribution < -0.4 is 15.2 Å². The second-order valence-corrected chi connectivity index (χ2v) is 5.68. The van der Waals surface area contributed by atoms with Gasteiger partial charge in [0.2, 0.25) is 0 Å². The Morgan fingerprint density at radius 3 is 2.70 bits per heavy atom. The van der Waals surface area contributed by atoms with E-state index in [4.69, 9.17) is 15.2 Å². The lowest BCUT2D eigenvalue weighted by molar-refractivity contribution is 0.149. The van der Waals surface area contributed by atoms with Gasteiger partial charge in [0.15, 0.2) is 11.5 Å². The van der Waals surface area contributed by atoms with Crippen molar-refractivity contribution < 1.29 is 14.6 Å². The van der Waals surface area contributed by atoms with Crippen LogP contribution >= 0.6 is 11.3 Å². The number of ether oxygens (including phenoxy) is 2. The molecule has 0 aliphatic carbocycles. The summed E-state index contributed by atoms with van der Waals surface area (Å²) in [5.74, 6) is 1.33. The highest BCUT2D eigenvalue weighted by molar-refractivity contribution is 7.10. The van der Waals surface area contributed by atoms with Crippen molar-refractivity contribution in [3.8, 4) is 11.5 Å². The Balaban J connectivity index is 1.89. The lowest BCUT2D eigenvalue weighted by Crippen LogP contribution is -2.20. The van der Waals surface area contributed by atoms with Crippen LogP contribution in [0.2, 0.25) is 0 Å². The molecule has 0 bridgehead atoms. The number of thiophene rings is 1. The van der Waals surface area contributed by atoms with Crippen molar-refractivity contribution in [2.24, 2.45) is 5.73 Å². The Morgan fingerprint density at radius 2 is 2.00 bits per heavy atom. The largest absolute Gasteiger partial charge is 0.486 e. The van der Waals surface area contributed by atoms with E-state index in [0.29, 0.717) is 19.8 Å². The fourth-order valence-corrected chi connectivity index (χ4v) is 3.17. The minimum absolute atomic E-state index is 0.149. The van der Waals surface area contributed by atoms with Gasteiger partial charge in [0.05, 0.1) is 6.10 Å². The first-order chi connectivity index (χ1) is 9.79. The summed E-state index contributed by atoms with van der Waals surface area (Å²) in [5.41, 5.74) is 6.83. The Kier molecular flexibility index (Phi) is 3.91. The van der Waals surface area contributed by atoms with E-state index >= 15 is 0 Å². The first kappa shape index (κ1) is 13.4. The molecule has 4 nitrogen and oxygen atoms in total. The average Bonchev–Trinajstić information content (AvgIpc) is 3.02. The van der Waals surface area contributed by atoms with E-state index in [9.17, 15) is 5.11 Å². The van der Waals surface area contributed by atoms with Crippen molar-refractivity contribution in [1.29, 1.82) is 0 Å². The van der Waals surface area contributed by atoms with Crippen LogP contribution in [0, 0.1) is 0 Å². The molecule has 1 aromatic heterocycles. The Labute approximate surface area is 121 Å². The second kappa shape index (κ2) is 5.83. The zero-order valence-corrected chi connectivity index (χ0v) is 11.8. The molecule has 2 heterocycles. The molecule has 2 aromatic rings. The second-order valence-electron chi connectivity index (χ2n) is 4.71. The molecule has 0 spiro atoms. The first-order valence-corrected chi connectivity index (χ1v) is 7.48. The summed E-state index contributed by atoms with van der Waals surface area (Å²) in [4.78, 5) is 0.926. The molecule has 1 aromatic carbocycles. The number of hydrogen-bond acceptors (Lipinski definition) is 5. The molecule has 0 saturated heterocycles. The van der Waals surface area contributed by atoms with Crippen LogP contribution in [0.1, 0.15) is 22.5 Å². The lowest BCUT2D eigenvalue weighted by Gasteiger charge is -2.24. The van der Waals surface area contributed by atoms with Crippen molar-refractivity contribution in [2.45, 2.75) is 12.0 Å². The van der Waals surface area contributed by atoms with E-state index < -0.39 is 6.10 Å². The summed E-state index contributed by atoms with van der Waals surface area (Å²) in [7, 11) is 0. The standard InChI is InChI=1S/C15H17NO3S/c16-9-11(15(17)14-2-1-7-20-14)10-3-4-12-13(8-10)19-6-5-18-12/h1-4,7-8,11,15,17H,5-6,9,16H2. The summed E-state index contributed by atoms with van der Waals surface area (Å²) >= 11 is 1.54. The Morgan fingerprint density at radius 1 is 1.20 bits per heavy atom. The molecule has 3 rings (SSSR count). The molecule has 0 fully saturated rings. The normalized spacial score (nSPS) is 16.7. The van der Waals surface area contributed by atoms with E-state index in [2.05, 4.69) is 0 Å². The SMILES string of the molecule is NCC(c1ccc2c(c1)OCCO2)C(O)c1cccs1. The van der Waals surface area contributed by atoms with Gasteiger partial charge >= 0.3 is 0 Å². The summed E-state index contributed by atoms with van der Waals surface area (Å²) < 4.78 is 11.1. The zero-order valence-electron chi connectivity index (χ0n) is 11.0. The van der Waals surface area contributed by atoms with Crippen molar-refractivity contribution in [1.82, 2.24) is 0 Å². The third-order valence-electron chi connectivity index (χ3n) is 3.46. The van der Waals surface area contributed by atoms with Gasteiger partial charge in [0.1, 0.15) is 13.2 Å². The summed E-state index contributed by atoms with van der Waals surface area (Å²) in [5, 5.41) is 12.4. The van der Waals surface area contributed by atoms with Gasteiger partial charge < -0.3 is 20.3 Å². The van der Waals surface area contributed by atoms with Crippen molar-refractivity contribution in [3.05, 3.63) is 46.2 Å². The minimum Gasteiger partial charge on any atom is -0.486 e. The molecular weight excluding hydrogens is 274 g/mol. The van der Waals surface area contributed by atoms with Gasteiger partial charge in [-0.2, -0.15) is 0 Å². The number of hydrogen-bond donors (Lipinski definition) is 2. The van der Waals surface area contributed by atoms with Crippen LogP contribution in [0.4, 0.5) is 0 Å². The van der Waals surface area contributed by atoms with E-state index in [-0.39, 0.29) is 5.92 Å². The average molecular weight is 291 g/mol. The molecule has 2 unspecified atom stereocenters. The maximum atomic E-state index is 10.5. The van der Waals surface area contributed by atoms with E-state index in [0.717, 1.165) is 21.9 Å². The van der Waals surface area contributed by atoms with Crippen LogP contribution in [0.3, 0.4) is 0 Å². The maximum absolute atomic E-state index is 10.5. The molecule has 1 aliphatic heterocycles. The summed E-state index contributed by atoms with van der Waals surface area (Å²) in [6, 6.07) is 9.61. The molecule has 1 aliphatic rings. The number of benzene rings is 1. The Hall–Kier alpha value is -1.56. The van der Waals surface area contributed by atoms with Crippen LogP contribution in [-0.2, 0) is 0 Å². The predicted octanol–water partition coefficient (Wildman–Crippen LogP) is 2.30. The van der Waals surface area contributed by atoms with Crippen LogP contribution in [-0.4, -0.2) is 24.9 Å². The summed E-state index contributed by atoms with van der Waals surface area (Å²) in [6.45, 7) is 1.50. The highest BCUT2D eigenvalue weighted by atomic mass is 32.1. The van der Waals surface area contributed by atoms with E-state index in [1.54, 1.807) is 0 Å². The Bertz CT molecular complexity index is 571. The fourth-order valence-electron chi connectivity index (χ4n) is 2.40. The van der Waals surface area contributed by atoms with E-state index in [1.165, 1.54) is 11.3 Å². The highest BCUT2D eigenvalue weighted by Gasteiger charge is 2.24. The molecule has 0 saturated carbocycles. The van der Waals surface area contributed by atoms with Crippen LogP contribution in [0.25, 0.3) is 0 Å². The van der Waals surface area contributed by atoms with Gasteiger partial charge in [-0.3, -0.25) is 0 Å². The number of aliphatic hydroxyl groups is 1. The molecule has 2 atom stereocenters. The van der Waals surface area contributed by atoms with Gasteiger partial charge in [-0.15, -0.1) is 11.3 Å². The molecule has 3 N–H and O–H groups in total. The molecule has 106 valence electrons. The number of fused-ring (bicyclic) bond motifs is 1. The molecule has 0 amide bonds. The molecule has 5 heteroatoms. The smallest absolute Gasteiger partial charge is 0.161 e. The highest BCUT2D eigenvalue weighted by Crippen LogP contribution is 2.37. The van der Waals surface area contributed by atoms with Gasteiger partial charge in [-0.1, -0.05) is 12.1 Å². The van der Waals surface area contributed by atoms with Crippen molar-refractivity contribution in [3.63, 3.8) is 0 Å². The van der Waals surface area contributed by atoms with Crippen molar-refractivity contribution >= 4 is 11.3 Å². The fraction of sp³-hybridized carbons (Fsp3) is 0.333. The zero-order chi connectivity index (χ0) is 13.9. The third kappa shape index (κ3) is 2.52. The number of aliphatic hydroxyl groups excluding tert-OH is 1. The molecule has 20 heavy (non-hydrogen) atoms. The maximum Gasteiger partial charge on any atom is 0.161 e. The minimum atomic E-state index is -0.595. The predicted molar refractivity (Wildman–Crippen MR) is 78.5 cm³/mol. The molecular formula is C15H17NO3S. The van der Waals surface area contributed by atoms with Crippen molar-refractivity contribution in [2.75, 3.05) is 19.8 Å². The monoisotopic (exact) mass is 291 g/mol. The number of rotatable bonds is 4.